The van der Waals surface area contributed by atoms with Crippen molar-refractivity contribution in [2.45, 2.75) is 317 Å². The first-order chi connectivity index (χ1) is 30.3. The highest BCUT2D eigenvalue weighted by Crippen LogP contribution is 2.18. The lowest BCUT2D eigenvalue weighted by molar-refractivity contribution is -0.167. The topological polar surface area (TPSA) is 78.9 Å². The van der Waals surface area contributed by atoms with Crippen molar-refractivity contribution in [1.82, 2.24) is 0 Å². The SMILES string of the molecule is CCCCCCCCCCCCCCCCCCC(=O)OC[C@@H](COC(=O)CCCCCCCCCCCCCC(C)C)OC(=O)CCCCCCCCCCCCC(C)CC. The van der Waals surface area contributed by atoms with Crippen LogP contribution in [0.3, 0.4) is 0 Å². The Labute approximate surface area is 387 Å². The molecule has 0 bridgehead atoms. The molecule has 0 aromatic rings. The first-order valence-corrected chi connectivity index (χ1v) is 27.8. The second-order valence-corrected chi connectivity index (χ2v) is 19.9. The fourth-order valence-corrected chi connectivity index (χ4v) is 8.49. The van der Waals surface area contributed by atoms with Crippen LogP contribution in [0.2, 0.25) is 0 Å². The Balaban J connectivity index is 4.31. The maximum atomic E-state index is 12.8. The number of hydrogen-bond acceptors (Lipinski definition) is 6. The monoisotopic (exact) mass is 877 g/mol. The van der Waals surface area contributed by atoms with Crippen molar-refractivity contribution in [3.63, 3.8) is 0 Å². The number of esters is 3. The predicted molar refractivity (Wildman–Crippen MR) is 266 cm³/mol. The molecule has 6 nitrogen and oxygen atoms in total. The highest BCUT2D eigenvalue weighted by atomic mass is 16.6. The van der Waals surface area contributed by atoms with Crippen LogP contribution >= 0.6 is 0 Å². The molecule has 0 saturated heterocycles. The van der Waals surface area contributed by atoms with Crippen LogP contribution in [0.1, 0.15) is 311 Å². The molecule has 0 fully saturated rings. The molecule has 1 unspecified atom stereocenters. The first-order valence-electron chi connectivity index (χ1n) is 27.8. The van der Waals surface area contributed by atoms with Crippen LogP contribution in [0.4, 0.5) is 0 Å². The van der Waals surface area contributed by atoms with Crippen LogP contribution in [0.25, 0.3) is 0 Å². The molecule has 0 aliphatic heterocycles. The predicted octanol–water partition coefficient (Wildman–Crippen LogP) is 18.1. The smallest absolute Gasteiger partial charge is 0.306 e. The van der Waals surface area contributed by atoms with Crippen LogP contribution < -0.4 is 0 Å². The van der Waals surface area contributed by atoms with Crippen LogP contribution in [0, 0.1) is 11.8 Å². The molecule has 0 aliphatic carbocycles. The zero-order chi connectivity index (χ0) is 45.4. The Kier molecular flexibility index (Phi) is 47.6. The molecule has 368 valence electrons. The molecule has 6 heteroatoms. The third-order valence-electron chi connectivity index (χ3n) is 13.1. The van der Waals surface area contributed by atoms with Gasteiger partial charge in [-0.3, -0.25) is 14.4 Å². The molecular formula is C56H108O6. The Hall–Kier alpha value is -1.59. The summed E-state index contributed by atoms with van der Waals surface area (Å²) in [7, 11) is 0. The van der Waals surface area contributed by atoms with E-state index in [2.05, 4.69) is 34.6 Å². The third kappa shape index (κ3) is 47.9. The molecule has 0 N–H and O–H groups in total. The number of carbonyl (C=O) groups excluding carboxylic acids is 3. The van der Waals surface area contributed by atoms with Gasteiger partial charge in [-0.1, -0.05) is 272 Å². The van der Waals surface area contributed by atoms with Gasteiger partial charge in [0.25, 0.3) is 0 Å². The molecule has 0 amide bonds. The summed E-state index contributed by atoms with van der Waals surface area (Å²) in [6.45, 7) is 11.4. The third-order valence-corrected chi connectivity index (χ3v) is 13.1. The first kappa shape index (κ1) is 60.4. The van der Waals surface area contributed by atoms with E-state index in [4.69, 9.17) is 14.2 Å². The average molecular weight is 877 g/mol. The van der Waals surface area contributed by atoms with Gasteiger partial charge < -0.3 is 14.2 Å². The van der Waals surface area contributed by atoms with Crippen LogP contribution in [-0.4, -0.2) is 37.2 Å². The average Bonchev–Trinajstić information content (AvgIpc) is 3.26. The summed E-state index contributed by atoms with van der Waals surface area (Å²) >= 11 is 0. The standard InChI is InChI=1S/C56H108O6/c1-6-8-9-10-11-12-13-14-15-16-17-20-26-31-36-41-46-54(57)60-49-53(62-56(59)48-43-38-33-28-23-22-25-30-35-40-45-52(5)7-2)50-61-55(58)47-42-37-32-27-21-18-19-24-29-34-39-44-51(3)4/h51-53H,6-50H2,1-5H3/t52?,53-/m0/s1. The van der Waals surface area contributed by atoms with Gasteiger partial charge in [-0.25, -0.2) is 0 Å². The van der Waals surface area contributed by atoms with E-state index in [0.717, 1.165) is 69.6 Å². The Bertz CT molecular complexity index is 949. The van der Waals surface area contributed by atoms with Crippen LogP contribution in [0.15, 0.2) is 0 Å². The molecule has 0 heterocycles. The van der Waals surface area contributed by atoms with Crippen molar-refractivity contribution in [1.29, 1.82) is 0 Å². The normalized spacial score (nSPS) is 12.5. The maximum Gasteiger partial charge on any atom is 0.306 e. The molecule has 0 aromatic heterocycles. The minimum Gasteiger partial charge on any atom is -0.462 e. The van der Waals surface area contributed by atoms with Gasteiger partial charge in [-0.05, 0) is 31.1 Å². The molecule has 62 heavy (non-hydrogen) atoms. The summed E-state index contributed by atoms with van der Waals surface area (Å²) in [5.74, 6) is 0.851. The van der Waals surface area contributed by atoms with E-state index >= 15 is 0 Å². The molecular weight excluding hydrogens is 769 g/mol. The fourth-order valence-electron chi connectivity index (χ4n) is 8.49. The summed E-state index contributed by atoms with van der Waals surface area (Å²) in [6.07, 6.45) is 50.8. The molecule has 0 rings (SSSR count). The van der Waals surface area contributed by atoms with Crippen molar-refractivity contribution < 1.29 is 28.6 Å². The zero-order valence-electron chi connectivity index (χ0n) is 42.5. The van der Waals surface area contributed by atoms with Crippen molar-refractivity contribution in [2.24, 2.45) is 11.8 Å². The summed E-state index contributed by atoms with van der Waals surface area (Å²) in [4.78, 5) is 38.1. The number of ether oxygens (including phenoxy) is 3. The fraction of sp³-hybridized carbons (Fsp3) is 0.946. The summed E-state index contributed by atoms with van der Waals surface area (Å²) < 4.78 is 16.9. The van der Waals surface area contributed by atoms with E-state index in [0.29, 0.717) is 19.3 Å². The Morgan fingerprint density at radius 3 is 0.919 bits per heavy atom. The Morgan fingerprint density at radius 2 is 0.613 bits per heavy atom. The number of unbranched alkanes of at least 4 members (excludes halogenated alkanes) is 34. The van der Waals surface area contributed by atoms with E-state index in [9.17, 15) is 14.4 Å². The molecule has 0 aliphatic rings. The second-order valence-electron chi connectivity index (χ2n) is 19.9. The summed E-state index contributed by atoms with van der Waals surface area (Å²) in [6, 6.07) is 0. The summed E-state index contributed by atoms with van der Waals surface area (Å²) in [5.41, 5.74) is 0. The summed E-state index contributed by atoms with van der Waals surface area (Å²) in [5, 5.41) is 0. The largest absolute Gasteiger partial charge is 0.462 e. The van der Waals surface area contributed by atoms with Gasteiger partial charge in [-0.15, -0.1) is 0 Å². The van der Waals surface area contributed by atoms with Gasteiger partial charge in [0.15, 0.2) is 6.10 Å². The maximum absolute atomic E-state index is 12.8. The lowest BCUT2D eigenvalue weighted by Gasteiger charge is -2.18. The van der Waals surface area contributed by atoms with Crippen LogP contribution in [-0.2, 0) is 28.6 Å². The molecule has 0 saturated carbocycles. The van der Waals surface area contributed by atoms with Gasteiger partial charge >= 0.3 is 17.9 Å². The minimum atomic E-state index is -0.762. The van der Waals surface area contributed by atoms with Gasteiger partial charge in [0.05, 0.1) is 0 Å². The van der Waals surface area contributed by atoms with Crippen LogP contribution in [0.5, 0.6) is 0 Å². The second kappa shape index (κ2) is 48.9. The zero-order valence-corrected chi connectivity index (χ0v) is 42.5. The minimum absolute atomic E-state index is 0.0632. The molecule has 0 aromatic carbocycles. The number of hydrogen-bond donors (Lipinski definition) is 0. The number of carbonyl (C=O) groups is 3. The van der Waals surface area contributed by atoms with Gasteiger partial charge in [-0.2, -0.15) is 0 Å². The van der Waals surface area contributed by atoms with Crippen molar-refractivity contribution >= 4 is 17.9 Å². The lowest BCUT2D eigenvalue weighted by Crippen LogP contribution is -2.30. The van der Waals surface area contributed by atoms with E-state index in [1.165, 1.54) is 199 Å². The van der Waals surface area contributed by atoms with Gasteiger partial charge in [0.2, 0.25) is 0 Å². The van der Waals surface area contributed by atoms with E-state index < -0.39 is 6.10 Å². The van der Waals surface area contributed by atoms with Crippen molar-refractivity contribution in [2.75, 3.05) is 13.2 Å². The van der Waals surface area contributed by atoms with Gasteiger partial charge in [0, 0.05) is 19.3 Å². The highest BCUT2D eigenvalue weighted by molar-refractivity contribution is 5.71. The van der Waals surface area contributed by atoms with Gasteiger partial charge in [0.1, 0.15) is 13.2 Å². The number of rotatable bonds is 50. The van der Waals surface area contributed by atoms with Crippen molar-refractivity contribution in [3.05, 3.63) is 0 Å². The van der Waals surface area contributed by atoms with E-state index in [1.807, 2.05) is 0 Å². The molecule has 0 spiro atoms. The highest BCUT2D eigenvalue weighted by Gasteiger charge is 2.19. The lowest BCUT2D eigenvalue weighted by atomic mass is 9.99. The quantitative estimate of drug-likeness (QED) is 0.0344. The molecule has 0 radical (unpaired) electrons. The molecule has 2 atom stereocenters. The van der Waals surface area contributed by atoms with Crippen molar-refractivity contribution in [3.8, 4) is 0 Å². The van der Waals surface area contributed by atoms with E-state index in [1.54, 1.807) is 0 Å². The Morgan fingerprint density at radius 1 is 0.339 bits per heavy atom. The van der Waals surface area contributed by atoms with E-state index in [-0.39, 0.29) is 31.1 Å².